The first-order valence-corrected chi connectivity index (χ1v) is 4.29. The van der Waals surface area contributed by atoms with Crippen LogP contribution in [0.3, 0.4) is 0 Å². The number of alkyl halides is 3. The van der Waals surface area contributed by atoms with Crippen LogP contribution in [0.4, 0.5) is 13.2 Å². The molecule has 0 aromatic rings. The maximum atomic E-state index is 10.6. The van der Waals surface area contributed by atoms with Crippen molar-refractivity contribution >= 4 is 5.97 Å². The van der Waals surface area contributed by atoms with E-state index in [4.69, 9.17) is 14.6 Å². The molecular formula is C8H13F3O3. The molecule has 0 aromatic heterocycles. The highest BCUT2D eigenvalue weighted by molar-refractivity contribution is 5.73. The van der Waals surface area contributed by atoms with Gasteiger partial charge < -0.3 is 9.84 Å². The van der Waals surface area contributed by atoms with Crippen molar-refractivity contribution in [1.82, 2.24) is 0 Å². The zero-order valence-electron chi connectivity index (χ0n) is 7.80. The molecule has 1 fully saturated rings. The van der Waals surface area contributed by atoms with E-state index in [1.54, 1.807) is 0 Å². The lowest BCUT2D eigenvalue weighted by Gasteiger charge is -2.24. The van der Waals surface area contributed by atoms with E-state index in [2.05, 4.69) is 6.92 Å². The molecule has 3 nitrogen and oxygen atoms in total. The van der Waals surface area contributed by atoms with E-state index < -0.39 is 12.1 Å². The van der Waals surface area contributed by atoms with Crippen molar-refractivity contribution in [1.29, 1.82) is 0 Å². The van der Waals surface area contributed by atoms with Crippen molar-refractivity contribution in [3.05, 3.63) is 0 Å². The third kappa shape index (κ3) is 5.80. The zero-order chi connectivity index (χ0) is 11.2. The number of halogens is 3. The number of rotatable bonds is 2. The maximum absolute atomic E-state index is 10.6. The maximum Gasteiger partial charge on any atom is 0.490 e. The van der Waals surface area contributed by atoms with E-state index >= 15 is 0 Å². The molecule has 0 aromatic carbocycles. The summed E-state index contributed by atoms with van der Waals surface area (Å²) in [5, 5.41) is 7.12. The first-order valence-electron chi connectivity index (χ1n) is 4.29. The Morgan fingerprint density at radius 3 is 2.00 bits per heavy atom. The van der Waals surface area contributed by atoms with Crippen molar-refractivity contribution in [2.45, 2.75) is 38.5 Å². The van der Waals surface area contributed by atoms with Crippen LogP contribution in [-0.2, 0) is 9.53 Å². The summed E-state index contributed by atoms with van der Waals surface area (Å²) in [5.74, 6) is -2.76. The van der Waals surface area contributed by atoms with E-state index in [1.165, 1.54) is 19.3 Å². The van der Waals surface area contributed by atoms with Gasteiger partial charge in [0.25, 0.3) is 0 Å². The molecule has 1 rings (SSSR count). The van der Waals surface area contributed by atoms with E-state index in [0.717, 1.165) is 6.61 Å². The van der Waals surface area contributed by atoms with Crippen LogP contribution in [0, 0.1) is 0 Å². The molecule has 0 aliphatic heterocycles. The molecule has 0 radical (unpaired) electrons. The van der Waals surface area contributed by atoms with Gasteiger partial charge in [0.15, 0.2) is 0 Å². The van der Waals surface area contributed by atoms with Crippen LogP contribution in [0.15, 0.2) is 0 Å². The Bertz CT molecular complexity index is 175. The van der Waals surface area contributed by atoms with Gasteiger partial charge in [0, 0.05) is 6.61 Å². The summed E-state index contributed by atoms with van der Waals surface area (Å²) in [5.41, 5.74) is 0. The molecule has 14 heavy (non-hydrogen) atoms. The fourth-order valence-corrected chi connectivity index (χ4v) is 0.773. The minimum absolute atomic E-state index is 0.630. The summed E-state index contributed by atoms with van der Waals surface area (Å²) in [7, 11) is 0. The molecule has 1 N–H and O–H groups in total. The van der Waals surface area contributed by atoms with Crippen LogP contribution in [0.5, 0.6) is 0 Å². The molecule has 0 heterocycles. The summed E-state index contributed by atoms with van der Waals surface area (Å²) < 4.78 is 37.0. The average molecular weight is 214 g/mol. The summed E-state index contributed by atoms with van der Waals surface area (Å²) >= 11 is 0. The molecular weight excluding hydrogens is 201 g/mol. The molecule has 0 unspecified atom stereocenters. The molecule has 6 heteroatoms. The Morgan fingerprint density at radius 2 is 1.93 bits per heavy atom. The lowest BCUT2D eigenvalue weighted by molar-refractivity contribution is -0.192. The second kappa shape index (κ2) is 5.85. The molecule has 0 spiro atoms. The van der Waals surface area contributed by atoms with E-state index in [1.807, 2.05) is 0 Å². The predicted octanol–water partition coefficient (Wildman–Crippen LogP) is 2.21. The number of hydrogen-bond acceptors (Lipinski definition) is 2. The average Bonchev–Trinajstić information content (AvgIpc) is 1.96. The second-order valence-corrected chi connectivity index (χ2v) is 2.81. The summed E-state index contributed by atoms with van der Waals surface area (Å²) in [4.78, 5) is 8.90. The van der Waals surface area contributed by atoms with Gasteiger partial charge in [-0.25, -0.2) is 4.79 Å². The topological polar surface area (TPSA) is 46.5 Å². The van der Waals surface area contributed by atoms with Crippen molar-refractivity contribution < 1.29 is 27.8 Å². The van der Waals surface area contributed by atoms with Crippen LogP contribution in [0.2, 0.25) is 0 Å². The van der Waals surface area contributed by atoms with Crippen LogP contribution in [0.25, 0.3) is 0 Å². The molecule has 0 amide bonds. The molecule has 1 aliphatic rings. The normalized spacial score (nSPS) is 16.6. The van der Waals surface area contributed by atoms with Gasteiger partial charge in [-0.2, -0.15) is 13.2 Å². The van der Waals surface area contributed by atoms with Crippen molar-refractivity contribution in [2.24, 2.45) is 0 Å². The van der Waals surface area contributed by atoms with Crippen LogP contribution < -0.4 is 0 Å². The monoisotopic (exact) mass is 214 g/mol. The Hall–Kier alpha value is -0.780. The third-order valence-electron chi connectivity index (χ3n) is 1.70. The van der Waals surface area contributed by atoms with E-state index in [-0.39, 0.29) is 0 Å². The van der Waals surface area contributed by atoms with E-state index in [9.17, 15) is 13.2 Å². The van der Waals surface area contributed by atoms with Crippen LogP contribution in [-0.4, -0.2) is 30.0 Å². The highest BCUT2D eigenvalue weighted by atomic mass is 19.4. The number of aliphatic carboxylic acids is 1. The Labute approximate surface area is 79.9 Å². The quantitative estimate of drug-likeness (QED) is 0.766. The van der Waals surface area contributed by atoms with Gasteiger partial charge in [0.05, 0.1) is 6.10 Å². The predicted molar refractivity (Wildman–Crippen MR) is 43.0 cm³/mol. The van der Waals surface area contributed by atoms with Gasteiger partial charge in [0.2, 0.25) is 0 Å². The number of carboxylic acid groups (broad SMARTS) is 1. The zero-order valence-corrected chi connectivity index (χ0v) is 7.80. The molecule has 1 saturated carbocycles. The first-order chi connectivity index (χ1) is 6.38. The van der Waals surface area contributed by atoms with E-state index in [0.29, 0.717) is 6.10 Å². The van der Waals surface area contributed by atoms with Gasteiger partial charge in [0.1, 0.15) is 0 Å². The van der Waals surface area contributed by atoms with Crippen molar-refractivity contribution in [3.8, 4) is 0 Å². The standard InChI is InChI=1S/C6H12O.C2HF3O2/c1-2-7-6-4-3-5-6;3-2(4,5)1(6)7/h6H,2-5H2,1H3;(H,6,7). The fourth-order valence-electron chi connectivity index (χ4n) is 0.773. The van der Waals surface area contributed by atoms with Gasteiger partial charge in [-0.1, -0.05) is 0 Å². The van der Waals surface area contributed by atoms with Gasteiger partial charge in [-0.15, -0.1) is 0 Å². The van der Waals surface area contributed by atoms with Crippen molar-refractivity contribution in [3.63, 3.8) is 0 Å². The minimum Gasteiger partial charge on any atom is -0.475 e. The van der Waals surface area contributed by atoms with Gasteiger partial charge in [-0.05, 0) is 26.2 Å². The molecule has 1 aliphatic carbocycles. The molecule has 0 atom stereocenters. The molecule has 84 valence electrons. The summed E-state index contributed by atoms with van der Waals surface area (Å²) in [6.45, 7) is 2.95. The highest BCUT2D eigenvalue weighted by Gasteiger charge is 2.38. The minimum atomic E-state index is -5.08. The molecule has 0 saturated heterocycles. The molecule has 0 bridgehead atoms. The van der Waals surface area contributed by atoms with Gasteiger partial charge >= 0.3 is 12.1 Å². The van der Waals surface area contributed by atoms with Crippen LogP contribution >= 0.6 is 0 Å². The SMILES string of the molecule is CCOC1CCC1.O=C(O)C(F)(F)F. The lowest BCUT2D eigenvalue weighted by atomic mass is 9.96. The largest absolute Gasteiger partial charge is 0.490 e. The summed E-state index contributed by atoms with van der Waals surface area (Å²) in [6, 6.07) is 0. The number of carboxylic acids is 1. The fraction of sp³-hybridized carbons (Fsp3) is 0.875. The smallest absolute Gasteiger partial charge is 0.475 e. The third-order valence-corrected chi connectivity index (χ3v) is 1.70. The van der Waals surface area contributed by atoms with Crippen molar-refractivity contribution in [2.75, 3.05) is 6.61 Å². The lowest BCUT2D eigenvalue weighted by Crippen LogP contribution is -2.21. The number of hydrogen-bond donors (Lipinski definition) is 1. The Kier molecular flexibility index (Phi) is 5.52. The number of carbonyl (C=O) groups is 1. The number of ether oxygens (including phenoxy) is 1. The van der Waals surface area contributed by atoms with Gasteiger partial charge in [-0.3, -0.25) is 0 Å². The first kappa shape index (κ1) is 13.2. The second-order valence-electron chi connectivity index (χ2n) is 2.81. The van der Waals surface area contributed by atoms with Crippen LogP contribution in [0.1, 0.15) is 26.2 Å². The Morgan fingerprint density at radius 1 is 1.50 bits per heavy atom. The summed E-state index contributed by atoms with van der Waals surface area (Å²) in [6.07, 6.45) is -0.475. The Balaban J connectivity index is 0.000000241. The highest BCUT2D eigenvalue weighted by Crippen LogP contribution is 2.21.